The third kappa shape index (κ3) is 2.62. The third-order valence-electron chi connectivity index (χ3n) is 2.75. The minimum atomic E-state index is -0.157. The molecular weight excluding hydrogens is 242 g/mol. The molecule has 2 rings (SSSR count). The van der Waals surface area contributed by atoms with Gasteiger partial charge in [-0.3, -0.25) is 10.2 Å². The van der Waals surface area contributed by atoms with E-state index in [4.69, 9.17) is 11.1 Å². The summed E-state index contributed by atoms with van der Waals surface area (Å²) >= 11 is 0. The normalized spacial score (nSPS) is 10.2. The molecule has 0 saturated heterocycles. The number of carbonyl (C=O) groups is 1. The number of anilines is 1. The Labute approximate surface area is 111 Å². The molecule has 98 valence electrons. The van der Waals surface area contributed by atoms with Crippen LogP contribution in [0.15, 0.2) is 36.7 Å². The molecule has 1 aromatic heterocycles. The fourth-order valence-corrected chi connectivity index (χ4v) is 1.88. The zero-order chi connectivity index (χ0) is 13.8. The first-order valence-corrected chi connectivity index (χ1v) is 5.75. The van der Waals surface area contributed by atoms with Gasteiger partial charge < -0.3 is 15.2 Å². The van der Waals surface area contributed by atoms with Gasteiger partial charge in [-0.1, -0.05) is 30.3 Å². The zero-order valence-electron chi connectivity index (χ0n) is 10.6. The second-order valence-corrected chi connectivity index (χ2v) is 4.16. The fraction of sp³-hybridized carbons (Fsp3) is 0.154. The van der Waals surface area contributed by atoms with E-state index in [1.165, 1.54) is 4.90 Å². The Balaban J connectivity index is 2.40. The Kier molecular flexibility index (Phi) is 3.61. The average molecular weight is 257 g/mol. The van der Waals surface area contributed by atoms with E-state index in [9.17, 15) is 4.79 Å². The number of amidine groups is 1. The number of nitrogens with one attached hydrogen (secondary N) is 1. The second-order valence-electron chi connectivity index (χ2n) is 4.16. The molecule has 0 aliphatic rings. The molecule has 1 aromatic carbocycles. The van der Waals surface area contributed by atoms with Crippen LogP contribution in [0.25, 0.3) is 0 Å². The van der Waals surface area contributed by atoms with Gasteiger partial charge in [0.15, 0.2) is 0 Å². The van der Waals surface area contributed by atoms with E-state index in [1.807, 2.05) is 30.3 Å². The SMILES string of the molecule is CN(C=O)c1c(C(=N)N)ncn1Cc1ccccc1. The summed E-state index contributed by atoms with van der Waals surface area (Å²) in [5, 5.41) is 7.50. The molecule has 6 heteroatoms. The van der Waals surface area contributed by atoms with Gasteiger partial charge in [-0.05, 0) is 5.56 Å². The van der Waals surface area contributed by atoms with Crippen LogP contribution in [0.2, 0.25) is 0 Å². The van der Waals surface area contributed by atoms with Crippen molar-refractivity contribution in [1.29, 1.82) is 5.41 Å². The number of amides is 1. The van der Waals surface area contributed by atoms with Crippen molar-refractivity contribution in [3.63, 3.8) is 0 Å². The van der Waals surface area contributed by atoms with Crippen molar-refractivity contribution in [2.75, 3.05) is 11.9 Å². The number of imidazole rings is 1. The van der Waals surface area contributed by atoms with Gasteiger partial charge in [0, 0.05) is 7.05 Å². The van der Waals surface area contributed by atoms with Crippen LogP contribution < -0.4 is 10.6 Å². The maximum Gasteiger partial charge on any atom is 0.215 e. The van der Waals surface area contributed by atoms with E-state index in [0.29, 0.717) is 24.5 Å². The molecule has 1 heterocycles. The topological polar surface area (TPSA) is 88.0 Å². The van der Waals surface area contributed by atoms with E-state index in [1.54, 1.807) is 17.9 Å². The van der Waals surface area contributed by atoms with Crippen molar-refractivity contribution in [1.82, 2.24) is 9.55 Å². The number of nitrogens with two attached hydrogens (primary N) is 1. The summed E-state index contributed by atoms with van der Waals surface area (Å²) in [4.78, 5) is 16.4. The van der Waals surface area contributed by atoms with Crippen molar-refractivity contribution in [2.24, 2.45) is 5.73 Å². The summed E-state index contributed by atoms with van der Waals surface area (Å²) in [5.74, 6) is 0.363. The lowest BCUT2D eigenvalue weighted by atomic mass is 10.2. The minimum Gasteiger partial charge on any atom is -0.382 e. The van der Waals surface area contributed by atoms with E-state index < -0.39 is 0 Å². The van der Waals surface area contributed by atoms with E-state index in [0.717, 1.165) is 5.56 Å². The minimum absolute atomic E-state index is 0.157. The first-order valence-electron chi connectivity index (χ1n) is 5.75. The molecule has 1 amide bonds. The van der Waals surface area contributed by atoms with Crippen molar-refractivity contribution in [2.45, 2.75) is 6.54 Å². The van der Waals surface area contributed by atoms with E-state index >= 15 is 0 Å². The van der Waals surface area contributed by atoms with Crippen LogP contribution in [-0.2, 0) is 11.3 Å². The highest BCUT2D eigenvalue weighted by molar-refractivity contribution is 5.99. The third-order valence-corrected chi connectivity index (χ3v) is 2.75. The number of benzene rings is 1. The lowest BCUT2D eigenvalue weighted by molar-refractivity contribution is -0.107. The molecule has 0 atom stereocenters. The summed E-state index contributed by atoms with van der Waals surface area (Å²) in [7, 11) is 1.61. The van der Waals surface area contributed by atoms with Crippen LogP contribution in [-0.4, -0.2) is 28.8 Å². The van der Waals surface area contributed by atoms with Crippen LogP contribution in [0.5, 0.6) is 0 Å². The largest absolute Gasteiger partial charge is 0.382 e. The van der Waals surface area contributed by atoms with Crippen LogP contribution in [0, 0.1) is 5.41 Å². The monoisotopic (exact) mass is 257 g/mol. The van der Waals surface area contributed by atoms with E-state index in [-0.39, 0.29) is 5.84 Å². The first kappa shape index (κ1) is 12.8. The molecule has 6 nitrogen and oxygen atoms in total. The highest BCUT2D eigenvalue weighted by Gasteiger charge is 2.17. The summed E-state index contributed by atoms with van der Waals surface area (Å²) in [6.45, 7) is 0.564. The smallest absolute Gasteiger partial charge is 0.215 e. The molecule has 0 saturated carbocycles. The fourth-order valence-electron chi connectivity index (χ4n) is 1.88. The molecule has 3 N–H and O–H groups in total. The van der Waals surface area contributed by atoms with Crippen LogP contribution in [0.1, 0.15) is 11.3 Å². The molecule has 0 aliphatic heterocycles. The highest BCUT2D eigenvalue weighted by atomic mass is 16.1. The van der Waals surface area contributed by atoms with Gasteiger partial charge in [0.25, 0.3) is 0 Å². The van der Waals surface area contributed by atoms with Crippen LogP contribution >= 0.6 is 0 Å². The lowest BCUT2D eigenvalue weighted by Crippen LogP contribution is -2.23. The number of rotatable bonds is 5. The Morgan fingerprint density at radius 1 is 1.47 bits per heavy atom. The predicted octanol–water partition coefficient (Wildman–Crippen LogP) is 0.808. The average Bonchev–Trinajstić information content (AvgIpc) is 2.83. The summed E-state index contributed by atoms with van der Waals surface area (Å²) in [5.41, 5.74) is 6.87. The predicted molar refractivity (Wildman–Crippen MR) is 73.3 cm³/mol. The van der Waals surface area contributed by atoms with Gasteiger partial charge in [0.2, 0.25) is 6.41 Å². The quantitative estimate of drug-likeness (QED) is 0.472. The maximum absolute atomic E-state index is 11.0. The molecule has 0 radical (unpaired) electrons. The molecule has 0 bridgehead atoms. The number of carbonyl (C=O) groups excluding carboxylic acids is 1. The number of nitrogens with zero attached hydrogens (tertiary/aromatic N) is 3. The summed E-state index contributed by atoms with van der Waals surface area (Å²) in [6.07, 6.45) is 2.25. The first-order chi connectivity index (χ1) is 9.13. The molecule has 0 aliphatic carbocycles. The molecule has 0 unspecified atom stereocenters. The van der Waals surface area contributed by atoms with Crippen molar-refractivity contribution in [3.8, 4) is 0 Å². The number of hydrogen-bond acceptors (Lipinski definition) is 3. The molecular formula is C13H15N5O. The van der Waals surface area contributed by atoms with Gasteiger partial charge in [-0.2, -0.15) is 0 Å². The molecule has 0 fully saturated rings. The highest BCUT2D eigenvalue weighted by Crippen LogP contribution is 2.18. The molecule has 2 aromatic rings. The van der Waals surface area contributed by atoms with Crippen molar-refractivity contribution < 1.29 is 4.79 Å². The Morgan fingerprint density at radius 2 is 2.16 bits per heavy atom. The van der Waals surface area contributed by atoms with E-state index in [2.05, 4.69) is 4.98 Å². The molecule has 0 spiro atoms. The van der Waals surface area contributed by atoms with Gasteiger partial charge in [0.1, 0.15) is 17.3 Å². The maximum atomic E-state index is 11.0. The standard InChI is InChI=1S/C13H15N5O/c1-17(9-19)13-11(12(14)15)16-8-18(13)7-10-5-3-2-4-6-10/h2-6,8-9H,7H2,1H3,(H3,14,15). The zero-order valence-corrected chi connectivity index (χ0v) is 10.6. The van der Waals surface area contributed by atoms with Gasteiger partial charge in [-0.25, -0.2) is 4.98 Å². The van der Waals surface area contributed by atoms with Crippen molar-refractivity contribution in [3.05, 3.63) is 47.9 Å². The van der Waals surface area contributed by atoms with Gasteiger partial charge >= 0.3 is 0 Å². The Hall–Kier alpha value is -2.63. The van der Waals surface area contributed by atoms with Gasteiger partial charge in [-0.15, -0.1) is 0 Å². The summed E-state index contributed by atoms with van der Waals surface area (Å²) < 4.78 is 1.79. The van der Waals surface area contributed by atoms with Crippen LogP contribution in [0.3, 0.4) is 0 Å². The lowest BCUT2D eigenvalue weighted by Gasteiger charge is -2.15. The van der Waals surface area contributed by atoms with Crippen LogP contribution in [0.4, 0.5) is 5.82 Å². The number of nitrogen functional groups attached to an aromatic ring is 1. The Bertz CT molecular complexity index is 590. The number of aromatic nitrogens is 2. The summed E-state index contributed by atoms with van der Waals surface area (Å²) in [6, 6.07) is 9.80. The molecule has 19 heavy (non-hydrogen) atoms. The van der Waals surface area contributed by atoms with Gasteiger partial charge in [0.05, 0.1) is 12.9 Å². The Morgan fingerprint density at radius 3 is 2.74 bits per heavy atom. The second kappa shape index (κ2) is 5.34. The van der Waals surface area contributed by atoms with Crippen molar-refractivity contribution >= 4 is 18.1 Å². The number of hydrogen-bond donors (Lipinski definition) is 2.